The van der Waals surface area contributed by atoms with Crippen molar-refractivity contribution in [3.63, 3.8) is 0 Å². The topological polar surface area (TPSA) is 0 Å². The molecule has 112 valence electrons. The van der Waals surface area contributed by atoms with Crippen LogP contribution in [0.25, 0.3) is 0 Å². The molecule has 0 N–H and O–H groups in total. The summed E-state index contributed by atoms with van der Waals surface area (Å²) in [6.45, 7) is 4.12. The quantitative estimate of drug-likeness (QED) is 0.532. The summed E-state index contributed by atoms with van der Waals surface area (Å²) in [5.74, 6) is 1.55. The minimum atomic E-state index is -0.100. The Morgan fingerprint density at radius 1 is 1.25 bits per heavy atom. The van der Waals surface area contributed by atoms with Crippen molar-refractivity contribution < 1.29 is 4.39 Å². The fourth-order valence-electron chi connectivity index (χ4n) is 3.37. The standard InChI is InChI=1S/C18H26BrF/c1-3-4-5-14-6-8-15(9-7-14)18(19)16-10-11-17(20)13(2)12-16/h10-12,14-15,18H,3-9H2,1-2H3. The molecule has 0 bridgehead atoms. The summed E-state index contributed by atoms with van der Waals surface area (Å²) in [4.78, 5) is 0.383. The first-order valence-electron chi connectivity index (χ1n) is 8.02. The molecule has 0 radical (unpaired) electrons. The molecule has 1 aliphatic rings. The Balaban J connectivity index is 1.91. The highest BCUT2D eigenvalue weighted by Crippen LogP contribution is 2.42. The summed E-state index contributed by atoms with van der Waals surface area (Å²) in [6.07, 6.45) is 9.45. The van der Waals surface area contributed by atoms with Crippen LogP contribution in [-0.2, 0) is 0 Å². The Morgan fingerprint density at radius 3 is 2.55 bits per heavy atom. The smallest absolute Gasteiger partial charge is 0.126 e. The molecule has 2 heteroatoms. The van der Waals surface area contributed by atoms with Crippen LogP contribution in [0.15, 0.2) is 18.2 Å². The molecule has 1 unspecified atom stereocenters. The van der Waals surface area contributed by atoms with Crippen molar-refractivity contribution in [2.24, 2.45) is 11.8 Å². The van der Waals surface area contributed by atoms with Crippen LogP contribution in [0.1, 0.15) is 67.8 Å². The lowest BCUT2D eigenvalue weighted by Crippen LogP contribution is -2.18. The lowest BCUT2D eigenvalue weighted by atomic mass is 9.77. The fraction of sp³-hybridized carbons (Fsp3) is 0.667. The first-order chi connectivity index (χ1) is 9.61. The van der Waals surface area contributed by atoms with E-state index in [1.807, 2.05) is 19.1 Å². The van der Waals surface area contributed by atoms with Crippen molar-refractivity contribution >= 4 is 15.9 Å². The molecule has 1 saturated carbocycles. The highest BCUT2D eigenvalue weighted by atomic mass is 79.9. The highest BCUT2D eigenvalue weighted by Gasteiger charge is 2.27. The van der Waals surface area contributed by atoms with E-state index in [1.54, 1.807) is 6.07 Å². The predicted octanol–water partition coefficient (Wildman–Crippen LogP) is 6.57. The molecule has 1 aromatic carbocycles. The molecule has 1 fully saturated rings. The van der Waals surface area contributed by atoms with Gasteiger partial charge in [-0.3, -0.25) is 0 Å². The van der Waals surface area contributed by atoms with Crippen LogP contribution in [0.5, 0.6) is 0 Å². The third kappa shape index (κ3) is 4.07. The lowest BCUT2D eigenvalue weighted by Gasteiger charge is -2.31. The molecule has 0 heterocycles. The van der Waals surface area contributed by atoms with Crippen molar-refractivity contribution in [2.45, 2.75) is 63.6 Å². The van der Waals surface area contributed by atoms with E-state index in [-0.39, 0.29) is 5.82 Å². The van der Waals surface area contributed by atoms with E-state index in [4.69, 9.17) is 0 Å². The second kappa shape index (κ2) is 7.59. The Bertz CT molecular complexity index is 421. The predicted molar refractivity (Wildman–Crippen MR) is 87.8 cm³/mol. The van der Waals surface area contributed by atoms with Gasteiger partial charge in [-0.15, -0.1) is 0 Å². The Morgan fingerprint density at radius 2 is 1.95 bits per heavy atom. The van der Waals surface area contributed by atoms with Gasteiger partial charge in [-0.1, -0.05) is 67.1 Å². The van der Waals surface area contributed by atoms with Crippen molar-refractivity contribution in [1.82, 2.24) is 0 Å². The van der Waals surface area contributed by atoms with Crippen molar-refractivity contribution in [2.75, 3.05) is 0 Å². The average Bonchev–Trinajstić information content (AvgIpc) is 2.48. The summed E-state index contributed by atoms with van der Waals surface area (Å²) < 4.78 is 13.4. The van der Waals surface area contributed by atoms with E-state index < -0.39 is 0 Å². The molecule has 0 nitrogen and oxygen atoms in total. The highest BCUT2D eigenvalue weighted by molar-refractivity contribution is 9.09. The van der Waals surface area contributed by atoms with Gasteiger partial charge in [0, 0.05) is 4.83 Å². The van der Waals surface area contributed by atoms with Gasteiger partial charge in [-0.2, -0.15) is 0 Å². The molecule has 1 aromatic rings. The summed E-state index contributed by atoms with van der Waals surface area (Å²) in [6, 6.07) is 5.54. The Kier molecular flexibility index (Phi) is 6.07. The Hall–Kier alpha value is -0.370. The largest absolute Gasteiger partial charge is 0.207 e. The van der Waals surface area contributed by atoms with Crippen molar-refractivity contribution in [1.29, 1.82) is 0 Å². The van der Waals surface area contributed by atoms with Crippen LogP contribution in [0.3, 0.4) is 0 Å². The molecular formula is C18H26BrF. The van der Waals surface area contributed by atoms with E-state index in [1.165, 1.54) is 50.5 Å². The van der Waals surface area contributed by atoms with Gasteiger partial charge in [-0.05, 0) is 48.8 Å². The minimum absolute atomic E-state index is 0.100. The van der Waals surface area contributed by atoms with Crippen LogP contribution >= 0.6 is 15.9 Å². The summed E-state index contributed by atoms with van der Waals surface area (Å²) in [7, 11) is 0. The zero-order chi connectivity index (χ0) is 14.5. The van der Waals surface area contributed by atoms with Gasteiger partial charge in [0.2, 0.25) is 0 Å². The van der Waals surface area contributed by atoms with Crippen LogP contribution in [0, 0.1) is 24.6 Å². The van der Waals surface area contributed by atoms with Gasteiger partial charge in [0.05, 0.1) is 0 Å². The molecule has 0 aromatic heterocycles. The number of rotatable bonds is 5. The average molecular weight is 341 g/mol. The zero-order valence-electron chi connectivity index (χ0n) is 12.7. The van der Waals surface area contributed by atoms with E-state index in [0.717, 1.165) is 11.5 Å². The SMILES string of the molecule is CCCCC1CCC(C(Br)c2ccc(F)c(C)c2)CC1. The van der Waals surface area contributed by atoms with Gasteiger partial charge in [0.15, 0.2) is 0 Å². The number of alkyl halides is 1. The molecule has 0 aliphatic heterocycles. The van der Waals surface area contributed by atoms with E-state index in [9.17, 15) is 4.39 Å². The molecule has 1 aliphatic carbocycles. The number of halogens is 2. The van der Waals surface area contributed by atoms with E-state index in [2.05, 4.69) is 22.9 Å². The third-order valence-electron chi connectivity index (χ3n) is 4.77. The molecule has 0 saturated heterocycles. The Labute approximate surface area is 131 Å². The third-order valence-corrected chi connectivity index (χ3v) is 6.05. The van der Waals surface area contributed by atoms with Gasteiger partial charge < -0.3 is 0 Å². The summed E-state index contributed by atoms with van der Waals surface area (Å²) >= 11 is 3.86. The number of hydrogen-bond donors (Lipinski definition) is 0. The maximum atomic E-state index is 13.4. The van der Waals surface area contributed by atoms with Gasteiger partial charge in [-0.25, -0.2) is 4.39 Å². The second-order valence-electron chi connectivity index (χ2n) is 6.33. The summed E-state index contributed by atoms with van der Waals surface area (Å²) in [5, 5.41) is 0. The van der Waals surface area contributed by atoms with Crippen LogP contribution < -0.4 is 0 Å². The molecule has 0 spiro atoms. The number of unbranched alkanes of at least 4 members (excludes halogenated alkanes) is 1. The van der Waals surface area contributed by atoms with E-state index >= 15 is 0 Å². The molecule has 1 atom stereocenters. The normalized spacial score (nSPS) is 24.6. The van der Waals surface area contributed by atoms with Gasteiger partial charge >= 0.3 is 0 Å². The fourth-order valence-corrected chi connectivity index (χ4v) is 4.19. The maximum Gasteiger partial charge on any atom is 0.126 e. The lowest BCUT2D eigenvalue weighted by molar-refractivity contribution is 0.257. The second-order valence-corrected chi connectivity index (χ2v) is 7.32. The molecule has 20 heavy (non-hydrogen) atoms. The maximum absolute atomic E-state index is 13.4. The zero-order valence-corrected chi connectivity index (χ0v) is 14.3. The minimum Gasteiger partial charge on any atom is -0.207 e. The first kappa shape index (κ1) is 16.0. The van der Waals surface area contributed by atoms with Crippen LogP contribution in [0.4, 0.5) is 4.39 Å². The molecule has 2 rings (SSSR count). The van der Waals surface area contributed by atoms with E-state index in [0.29, 0.717) is 10.7 Å². The molecular weight excluding hydrogens is 315 g/mol. The van der Waals surface area contributed by atoms with Gasteiger partial charge in [0.1, 0.15) is 5.82 Å². The van der Waals surface area contributed by atoms with Crippen LogP contribution in [0.2, 0.25) is 0 Å². The number of benzene rings is 1. The summed E-state index contributed by atoms with van der Waals surface area (Å²) in [5.41, 5.74) is 1.99. The number of aryl methyl sites for hydroxylation is 1. The van der Waals surface area contributed by atoms with Crippen molar-refractivity contribution in [3.05, 3.63) is 35.1 Å². The number of hydrogen-bond acceptors (Lipinski definition) is 0. The monoisotopic (exact) mass is 340 g/mol. The van der Waals surface area contributed by atoms with Crippen LogP contribution in [-0.4, -0.2) is 0 Å². The molecule has 0 amide bonds. The van der Waals surface area contributed by atoms with Gasteiger partial charge in [0.25, 0.3) is 0 Å². The van der Waals surface area contributed by atoms with Crippen molar-refractivity contribution in [3.8, 4) is 0 Å². The first-order valence-corrected chi connectivity index (χ1v) is 8.93.